The van der Waals surface area contributed by atoms with Crippen LogP contribution in [0.1, 0.15) is 18.9 Å². The molecule has 1 aromatic rings. The van der Waals surface area contributed by atoms with E-state index in [-0.39, 0.29) is 0 Å². The zero-order valence-electron chi connectivity index (χ0n) is 10.8. The number of hydrogen-bond acceptors (Lipinski definition) is 3. The molecule has 0 aliphatic heterocycles. The second kappa shape index (κ2) is 6.87. The van der Waals surface area contributed by atoms with Crippen molar-refractivity contribution in [2.45, 2.75) is 26.3 Å². The van der Waals surface area contributed by atoms with E-state index in [0.29, 0.717) is 12.6 Å². The SMILES string of the molecule is CCC(COC)Nc1c(C)cc(Br)cc1OC. The molecular formula is C13H20BrNO2. The van der Waals surface area contributed by atoms with Crippen LogP contribution in [0.25, 0.3) is 0 Å². The molecular weight excluding hydrogens is 282 g/mol. The van der Waals surface area contributed by atoms with E-state index < -0.39 is 0 Å². The number of halogens is 1. The zero-order chi connectivity index (χ0) is 12.8. The molecule has 17 heavy (non-hydrogen) atoms. The highest BCUT2D eigenvalue weighted by Gasteiger charge is 2.12. The number of aryl methyl sites for hydroxylation is 1. The summed E-state index contributed by atoms with van der Waals surface area (Å²) in [6, 6.07) is 4.34. The number of rotatable bonds is 6. The summed E-state index contributed by atoms with van der Waals surface area (Å²) in [5.74, 6) is 0.853. The number of anilines is 1. The molecule has 4 heteroatoms. The van der Waals surface area contributed by atoms with E-state index in [2.05, 4.69) is 41.2 Å². The molecule has 0 aromatic heterocycles. The van der Waals surface area contributed by atoms with Crippen LogP contribution in [-0.2, 0) is 4.74 Å². The summed E-state index contributed by atoms with van der Waals surface area (Å²) in [7, 11) is 3.40. The lowest BCUT2D eigenvalue weighted by molar-refractivity contribution is 0.184. The molecule has 0 saturated heterocycles. The number of hydrogen-bond donors (Lipinski definition) is 1. The molecule has 1 atom stereocenters. The Bertz CT molecular complexity index is 369. The first-order chi connectivity index (χ1) is 8.12. The van der Waals surface area contributed by atoms with E-state index in [1.807, 2.05) is 6.07 Å². The Labute approximate surface area is 112 Å². The predicted molar refractivity (Wildman–Crippen MR) is 75.0 cm³/mol. The quantitative estimate of drug-likeness (QED) is 0.871. The van der Waals surface area contributed by atoms with Crippen molar-refractivity contribution in [3.63, 3.8) is 0 Å². The lowest BCUT2D eigenvalue weighted by Crippen LogP contribution is -2.24. The number of methoxy groups -OCH3 is 2. The maximum Gasteiger partial charge on any atom is 0.143 e. The summed E-state index contributed by atoms with van der Waals surface area (Å²) >= 11 is 3.47. The maximum atomic E-state index is 5.40. The topological polar surface area (TPSA) is 30.5 Å². The normalized spacial score (nSPS) is 12.3. The van der Waals surface area contributed by atoms with Gasteiger partial charge in [0.25, 0.3) is 0 Å². The Morgan fingerprint density at radius 1 is 1.35 bits per heavy atom. The Kier molecular flexibility index (Phi) is 5.78. The van der Waals surface area contributed by atoms with E-state index >= 15 is 0 Å². The van der Waals surface area contributed by atoms with Crippen LogP contribution in [0, 0.1) is 6.92 Å². The molecule has 1 unspecified atom stereocenters. The van der Waals surface area contributed by atoms with Crippen LogP contribution < -0.4 is 10.1 Å². The third-order valence-electron chi connectivity index (χ3n) is 2.69. The van der Waals surface area contributed by atoms with Gasteiger partial charge < -0.3 is 14.8 Å². The first-order valence-electron chi connectivity index (χ1n) is 5.72. The predicted octanol–water partition coefficient (Wildman–Crippen LogP) is 3.60. The second-order valence-electron chi connectivity index (χ2n) is 4.00. The van der Waals surface area contributed by atoms with E-state index in [9.17, 15) is 0 Å². The van der Waals surface area contributed by atoms with Gasteiger partial charge in [-0.1, -0.05) is 22.9 Å². The number of ether oxygens (including phenoxy) is 2. The van der Waals surface area contributed by atoms with Gasteiger partial charge in [-0.05, 0) is 31.0 Å². The Balaban J connectivity index is 2.95. The van der Waals surface area contributed by atoms with Crippen LogP contribution in [-0.4, -0.2) is 26.9 Å². The van der Waals surface area contributed by atoms with Gasteiger partial charge in [-0.15, -0.1) is 0 Å². The van der Waals surface area contributed by atoms with Gasteiger partial charge in [0, 0.05) is 17.6 Å². The van der Waals surface area contributed by atoms with Gasteiger partial charge in [-0.3, -0.25) is 0 Å². The van der Waals surface area contributed by atoms with E-state index in [0.717, 1.165) is 27.9 Å². The minimum absolute atomic E-state index is 0.300. The lowest BCUT2D eigenvalue weighted by Gasteiger charge is -2.21. The summed E-state index contributed by atoms with van der Waals surface area (Å²) < 4.78 is 11.6. The van der Waals surface area contributed by atoms with E-state index in [1.165, 1.54) is 0 Å². The summed E-state index contributed by atoms with van der Waals surface area (Å²) in [5, 5.41) is 3.47. The van der Waals surface area contributed by atoms with Crippen LogP contribution in [0.2, 0.25) is 0 Å². The van der Waals surface area contributed by atoms with Crippen molar-refractivity contribution in [1.29, 1.82) is 0 Å². The summed E-state index contributed by atoms with van der Waals surface area (Å²) in [4.78, 5) is 0. The largest absolute Gasteiger partial charge is 0.495 e. The average molecular weight is 302 g/mol. The smallest absolute Gasteiger partial charge is 0.143 e. The molecule has 0 spiro atoms. The van der Waals surface area contributed by atoms with Crippen LogP contribution in [0.4, 0.5) is 5.69 Å². The molecule has 0 aliphatic carbocycles. The van der Waals surface area contributed by atoms with Crippen molar-refractivity contribution in [3.05, 3.63) is 22.2 Å². The van der Waals surface area contributed by atoms with Crippen molar-refractivity contribution in [3.8, 4) is 5.75 Å². The van der Waals surface area contributed by atoms with Crippen LogP contribution in [0.15, 0.2) is 16.6 Å². The van der Waals surface area contributed by atoms with Gasteiger partial charge in [0.15, 0.2) is 0 Å². The molecule has 0 fully saturated rings. The summed E-state index contributed by atoms with van der Waals surface area (Å²) in [5.41, 5.74) is 2.20. The molecule has 0 heterocycles. The Morgan fingerprint density at radius 3 is 2.59 bits per heavy atom. The van der Waals surface area contributed by atoms with Crippen LogP contribution in [0.5, 0.6) is 5.75 Å². The molecule has 96 valence electrons. The lowest BCUT2D eigenvalue weighted by atomic mass is 10.1. The molecule has 0 bridgehead atoms. The van der Waals surface area contributed by atoms with E-state index in [1.54, 1.807) is 14.2 Å². The monoisotopic (exact) mass is 301 g/mol. The number of benzene rings is 1. The van der Waals surface area contributed by atoms with Crippen molar-refractivity contribution >= 4 is 21.6 Å². The maximum absolute atomic E-state index is 5.40. The van der Waals surface area contributed by atoms with Gasteiger partial charge in [-0.2, -0.15) is 0 Å². The van der Waals surface area contributed by atoms with Gasteiger partial charge in [-0.25, -0.2) is 0 Å². The highest BCUT2D eigenvalue weighted by atomic mass is 79.9. The van der Waals surface area contributed by atoms with Gasteiger partial charge in [0.1, 0.15) is 5.75 Å². The standard InChI is InChI=1S/C13H20BrNO2/c1-5-11(8-16-3)15-13-9(2)6-10(14)7-12(13)17-4/h6-7,11,15H,5,8H2,1-4H3. The molecule has 0 aliphatic rings. The highest BCUT2D eigenvalue weighted by molar-refractivity contribution is 9.10. The molecule has 0 radical (unpaired) electrons. The average Bonchev–Trinajstić information content (AvgIpc) is 2.30. The van der Waals surface area contributed by atoms with Crippen molar-refractivity contribution in [2.75, 3.05) is 26.1 Å². The van der Waals surface area contributed by atoms with Crippen LogP contribution >= 0.6 is 15.9 Å². The fourth-order valence-corrected chi connectivity index (χ4v) is 2.28. The first-order valence-corrected chi connectivity index (χ1v) is 6.51. The zero-order valence-corrected chi connectivity index (χ0v) is 12.4. The van der Waals surface area contributed by atoms with Crippen molar-refractivity contribution in [1.82, 2.24) is 0 Å². The molecule has 0 saturated carbocycles. The Morgan fingerprint density at radius 2 is 2.06 bits per heavy atom. The van der Waals surface area contributed by atoms with Crippen molar-refractivity contribution < 1.29 is 9.47 Å². The molecule has 0 amide bonds. The third-order valence-corrected chi connectivity index (χ3v) is 3.15. The third kappa shape index (κ3) is 3.89. The summed E-state index contributed by atoms with van der Waals surface area (Å²) in [6.07, 6.45) is 1.01. The molecule has 1 rings (SSSR count). The fourth-order valence-electron chi connectivity index (χ4n) is 1.73. The van der Waals surface area contributed by atoms with Gasteiger partial charge in [0.2, 0.25) is 0 Å². The first kappa shape index (κ1) is 14.3. The van der Waals surface area contributed by atoms with Crippen molar-refractivity contribution in [2.24, 2.45) is 0 Å². The minimum atomic E-state index is 0.300. The Hall–Kier alpha value is -0.740. The van der Waals surface area contributed by atoms with E-state index in [4.69, 9.17) is 9.47 Å². The van der Waals surface area contributed by atoms with Gasteiger partial charge >= 0.3 is 0 Å². The van der Waals surface area contributed by atoms with Crippen LogP contribution in [0.3, 0.4) is 0 Å². The second-order valence-corrected chi connectivity index (χ2v) is 4.92. The minimum Gasteiger partial charge on any atom is -0.495 e. The molecule has 3 nitrogen and oxygen atoms in total. The van der Waals surface area contributed by atoms with Gasteiger partial charge in [0.05, 0.1) is 19.4 Å². The molecule has 1 aromatic carbocycles. The highest BCUT2D eigenvalue weighted by Crippen LogP contribution is 2.32. The molecule has 1 N–H and O–H groups in total. The summed E-state index contributed by atoms with van der Waals surface area (Å²) in [6.45, 7) is 4.89. The number of nitrogens with one attached hydrogen (secondary N) is 1. The fraction of sp³-hybridized carbons (Fsp3) is 0.538.